The summed E-state index contributed by atoms with van der Waals surface area (Å²) in [4.78, 5) is 41.8. The molecule has 192 valence electrons. The van der Waals surface area contributed by atoms with Crippen LogP contribution in [0.1, 0.15) is 46.4 Å². The van der Waals surface area contributed by atoms with Crippen molar-refractivity contribution in [3.63, 3.8) is 0 Å². The maximum Gasteiger partial charge on any atom is 0.289 e. The molecule has 0 N–H and O–H groups in total. The number of fused-ring (bicyclic) bond motifs is 1. The summed E-state index contributed by atoms with van der Waals surface area (Å²) in [6, 6.07) is 15.2. The zero-order valence-corrected chi connectivity index (χ0v) is 21.2. The third-order valence-electron chi connectivity index (χ3n) is 6.68. The SMILES string of the molecule is CC1CCN(C(=O)c2ccc(CN3C(=O)COc4ccc(C(=O)COc5ccccc5Cl)cc43)o2)CC1. The Kier molecular flexibility index (Phi) is 7.19. The number of benzene rings is 2. The average Bonchev–Trinajstić information content (AvgIpc) is 3.38. The molecule has 0 saturated carbocycles. The normalized spacial score (nSPS) is 15.8. The molecule has 3 heterocycles. The van der Waals surface area contributed by atoms with Crippen molar-refractivity contribution in [2.45, 2.75) is 26.3 Å². The third kappa shape index (κ3) is 5.49. The Balaban J connectivity index is 1.30. The standard InChI is InChI=1S/C28H27ClN2O6/c1-18-10-12-30(13-11-18)28(34)26-9-7-20(37-26)15-31-22-14-19(6-8-25(22)36-17-27(31)33)23(32)16-35-24-5-3-2-4-21(24)29/h2-9,14,18H,10-13,15-17H2,1H3. The van der Waals surface area contributed by atoms with Gasteiger partial charge in [0.2, 0.25) is 0 Å². The van der Waals surface area contributed by atoms with Gasteiger partial charge in [0.15, 0.2) is 24.8 Å². The van der Waals surface area contributed by atoms with Crippen LogP contribution in [0.3, 0.4) is 0 Å². The molecule has 0 unspecified atom stereocenters. The first kappa shape index (κ1) is 24.9. The number of halogens is 1. The number of furan rings is 1. The summed E-state index contributed by atoms with van der Waals surface area (Å²) in [6.45, 7) is 3.37. The highest BCUT2D eigenvalue weighted by atomic mass is 35.5. The monoisotopic (exact) mass is 522 g/mol. The molecule has 5 rings (SSSR count). The predicted octanol–water partition coefficient (Wildman–Crippen LogP) is 4.99. The lowest BCUT2D eigenvalue weighted by Gasteiger charge is -2.30. The Labute approximate surface area is 219 Å². The minimum Gasteiger partial charge on any atom is -0.484 e. The van der Waals surface area contributed by atoms with E-state index < -0.39 is 0 Å². The smallest absolute Gasteiger partial charge is 0.289 e. The molecule has 0 aliphatic carbocycles. The number of para-hydroxylation sites is 1. The molecule has 0 bridgehead atoms. The van der Waals surface area contributed by atoms with Gasteiger partial charge < -0.3 is 18.8 Å². The van der Waals surface area contributed by atoms with Gasteiger partial charge in [-0.25, -0.2) is 0 Å². The second kappa shape index (κ2) is 10.7. The maximum atomic E-state index is 12.9. The lowest BCUT2D eigenvalue weighted by atomic mass is 9.99. The number of carbonyl (C=O) groups is 3. The molecule has 8 nitrogen and oxygen atoms in total. The second-order valence-corrected chi connectivity index (χ2v) is 9.74. The molecule has 0 spiro atoms. The van der Waals surface area contributed by atoms with E-state index in [0.29, 0.717) is 52.5 Å². The number of likely N-dealkylation sites (tertiary alicyclic amines) is 1. The van der Waals surface area contributed by atoms with Gasteiger partial charge in [-0.15, -0.1) is 0 Å². The molecule has 2 aliphatic heterocycles. The average molecular weight is 523 g/mol. The summed E-state index contributed by atoms with van der Waals surface area (Å²) in [5.74, 6) is 1.54. The highest BCUT2D eigenvalue weighted by molar-refractivity contribution is 6.32. The van der Waals surface area contributed by atoms with Crippen LogP contribution in [0.4, 0.5) is 5.69 Å². The van der Waals surface area contributed by atoms with Crippen molar-refractivity contribution in [1.82, 2.24) is 4.90 Å². The van der Waals surface area contributed by atoms with E-state index >= 15 is 0 Å². The van der Waals surface area contributed by atoms with Crippen molar-refractivity contribution < 1.29 is 28.3 Å². The van der Waals surface area contributed by atoms with Gasteiger partial charge in [0, 0.05) is 18.7 Å². The van der Waals surface area contributed by atoms with Crippen LogP contribution in [0.15, 0.2) is 59.0 Å². The minimum absolute atomic E-state index is 0.104. The summed E-state index contributed by atoms with van der Waals surface area (Å²) in [5.41, 5.74) is 0.817. The van der Waals surface area contributed by atoms with E-state index in [1.54, 1.807) is 59.5 Å². The molecule has 0 radical (unpaired) electrons. The number of anilines is 1. The number of hydrogen-bond donors (Lipinski definition) is 0. The Morgan fingerprint density at radius 2 is 1.86 bits per heavy atom. The number of rotatable bonds is 7. The number of nitrogens with zero attached hydrogens (tertiary/aromatic N) is 2. The summed E-state index contributed by atoms with van der Waals surface area (Å²) >= 11 is 6.10. The quantitative estimate of drug-likeness (QED) is 0.406. The molecule has 2 amide bonds. The zero-order valence-electron chi connectivity index (χ0n) is 20.4. The fraction of sp³-hybridized carbons (Fsp3) is 0.321. The van der Waals surface area contributed by atoms with Crippen LogP contribution in [-0.2, 0) is 11.3 Å². The fourth-order valence-corrected chi connectivity index (χ4v) is 4.63. The lowest BCUT2D eigenvalue weighted by Crippen LogP contribution is -2.38. The number of Topliss-reactive ketones (excluding diaryl/α,β-unsaturated/α-hetero) is 1. The highest BCUT2D eigenvalue weighted by Gasteiger charge is 2.29. The van der Waals surface area contributed by atoms with Crippen LogP contribution in [0, 0.1) is 5.92 Å². The van der Waals surface area contributed by atoms with E-state index in [4.69, 9.17) is 25.5 Å². The predicted molar refractivity (Wildman–Crippen MR) is 137 cm³/mol. The summed E-state index contributed by atoms with van der Waals surface area (Å²) < 4.78 is 17.0. The molecule has 1 fully saturated rings. The van der Waals surface area contributed by atoms with Crippen molar-refractivity contribution in [2.75, 3.05) is 31.2 Å². The van der Waals surface area contributed by atoms with E-state index in [-0.39, 0.29) is 43.1 Å². The minimum atomic E-state index is -0.279. The number of amides is 2. The summed E-state index contributed by atoms with van der Waals surface area (Å²) in [7, 11) is 0. The number of ketones is 1. The molecule has 1 aromatic heterocycles. The number of carbonyl (C=O) groups excluding carboxylic acids is 3. The van der Waals surface area contributed by atoms with E-state index in [0.717, 1.165) is 12.8 Å². The highest BCUT2D eigenvalue weighted by Crippen LogP contribution is 2.35. The van der Waals surface area contributed by atoms with Crippen LogP contribution >= 0.6 is 11.6 Å². The fourth-order valence-electron chi connectivity index (χ4n) is 4.44. The van der Waals surface area contributed by atoms with Gasteiger partial charge in [-0.2, -0.15) is 0 Å². The molecule has 2 aliphatic rings. The van der Waals surface area contributed by atoms with E-state index in [9.17, 15) is 14.4 Å². The van der Waals surface area contributed by atoms with Crippen molar-refractivity contribution >= 4 is 34.9 Å². The van der Waals surface area contributed by atoms with Gasteiger partial charge >= 0.3 is 0 Å². The Hall–Kier alpha value is -3.78. The Bertz CT molecular complexity index is 1330. The van der Waals surface area contributed by atoms with Gasteiger partial charge in [-0.1, -0.05) is 30.7 Å². The van der Waals surface area contributed by atoms with Crippen LogP contribution in [-0.4, -0.2) is 48.8 Å². The molecule has 9 heteroatoms. The molecular formula is C28H27ClN2O6. The maximum absolute atomic E-state index is 12.9. The Morgan fingerprint density at radius 1 is 1.08 bits per heavy atom. The van der Waals surface area contributed by atoms with Gasteiger partial charge in [-0.3, -0.25) is 19.3 Å². The topological polar surface area (TPSA) is 89.3 Å². The molecule has 1 saturated heterocycles. The van der Waals surface area contributed by atoms with E-state index in [1.165, 1.54) is 4.90 Å². The first-order valence-electron chi connectivity index (χ1n) is 12.2. The summed E-state index contributed by atoms with van der Waals surface area (Å²) in [5, 5.41) is 0.414. The van der Waals surface area contributed by atoms with Gasteiger partial charge in [0.05, 0.1) is 17.3 Å². The van der Waals surface area contributed by atoms with E-state index in [1.807, 2.05) is 0 Å². The lowest BCUT2D eigenvalue weighted by molar-refractivity contribution is -0.121. The van der Waals surface area contributed by atoms with Gasteiger partial charge in [-0.05, 0) is 61.2 Å². The van der Waals surface area contributed by atoms with Crippen LogP contribution < -0.4 is 14.4 Å². The van der Waals surface area contributed by atoms with Crippen LogP contribution in [0.25, 0.3) is 0 Å². The summed E-state index contributed by atoms with van der Waals surface area (Å²) in [6.07, 6.45) is 1.95. The van der Waals surface area contributed by atoms with Crippen molar-refractivity contribution in [3.8, 4) is 11.5 Å². The van der Waals surface area contributed by atoms with Crippen molar-refractivity contribution in [3.05, 3.63) is 76.7 Å². The van der Waals surface area contributed by atoms with Crippen LogP contribution in [0.2, 0.25) is 5.02 Å². The molecular weight excluding hydrogens is 496 g/mol. The largest absolute Gasteiger partial charge is 0.484 e. The van der Waals surface area contributed by atoms with E-state index in [2.05, 4.69) is 6.92 Å². The van der Waals surface area contributed by atoms with Crippen molar-refractivity contribution in [2.24, 2.45) is 5.92 Å². The molecule has 37 heavy (non-hydrogen) atoms. The van der Waals surface area contributed by atoms with Gasteiger partial charge in [0.1, 0.15) is 17.3 Å². The molecule has 3 aromatic rings. The first-order valence-corrected chi connectivity index (χ1v) is 12.6. The first-order chi connectivity index (χ1) is 17.9. The third-order valence-corrected chi connectivity index (χ3v) is 6.99. The van der Waals surface area contributed by atoms with Crippen molar-refractivity contribution in [1.29, 1.82) is 0 Å². The molecule has 2 aromatic carbocycles. The second-order valence-electron chi connectivity index (χ2n) is 9.33. The number of hydrogen-bond acceptors (Lipinski definition) is 6. The van der Waals surface area contributed by atoms with Crippen LogP contribution in [0.5, 0.6) is 11.5 Å². The Morgan fingerprint density at radius 3 is 2.65 bits per heavy atom. The number of piperidine rings is 1. The zero-order chi connectivity index (χ0) is 25.9. The number of ether oxygens (including phenoxy) is 2. The molecule has 0 atom stereocenters. The van der Waals surface area contributed by atoms with Gasteiger partial charge in [0.25, 0.3) is 11.8 Å².